The molecule has 0 saturated heterocycles. The maximum absolute atomic E-state index is 4.08. The zero-order valence-corrected chi connectivity index (χ0v) is 10.6. The summed E-state index contributed by atoms with van der Waals surface area (Å²) in [5, 5.41) is 2.76. The molecule has 2 nitrogen and oxygen atoms in total. The number of anilines is 1. The lowest BCUT2D eigenvalue weighted by Gasteiger charge is -2.19. The number of pyridine rings is 1. The van der Waals surface area contributed by atoms with Gasteiger partial charge in [0.1, 0.15) is 0 Å². The van der Waals surface area contributed by atoms with E-state index in [0.717, 1.165) is 13.1 Å². The highest BCUT2D eigenvalue weighted by Gasteiger charge is 2.20. The Balaban J connectivity index is 1.77. The smallest absolute Gasteiger partial charge is 0.0455 e. The molecule has 3 aromatic rings. The van der Waals surface area contributed by atoms with Gasteiger partial charge in [0.2, 0.25) is 0 Å². The first-order chi connectivity index (χ1) is 9.42. The predicted molar refractivity (Wildman–Crippen MR) is 78.1 cm³/mol. The number of benzene rings is 2. The molecule has 4 rings (SSSR count). The first kappa shape index (κ1) is 10.6. The topological polar surface area (TPSA) is 16.1 Å². The van der Waals surface area contributed by atoms with Gasteiger partial charge in [-0.2, -0.15) is 0 Å². The van der Waals surface area contributed by atoms with Crippen molar-refractivity contribution in [2.24, 2.45) is 0 Å². The van der Waals surface area contributed by atoms with Gasteiger partial charge in [-0.25, -0.2) is 0 Å². The van der Waals surface area contributed by atoms with E-state index in [4.69, 9.17) is 0 Å². The van der Waals surface area contributed by atoms with Crippen LogP contribution in [0, 0.1) is 0 Å². The second kappa shape index (κ2) is 4.09. The average Bonchev–Trinajstić information content (AvgIpc) is 2.81. The molecule has 0 amide bonds. The van der Waals surface area contributed by atoms with E-state index in [1.807, 2.05) is 12.4 Å². The predicted octanol–water partition coefficient (Wildman–Crippen LogP) is 3.76. The molecule has 0 fully saturated rings. The third-order valence-electron chi connectivity index (χ3n) is 3.79. The summed E-state index contributed by atoms with van der Waals surface area (Å²) in [6.45, 7) is 1.94. The van der Waals surface area contributed by atoms with Crippen LogP contribution in [0.1, 0.15) is 11.1 Å². The molecule has 0 N–H and O–H groups in total. The van der Waals surface area contributed by atoms with Crippen molar-refractivity contribution in [1.82, 2.24) is 4.98 Å². The van der Waals surface area contributed by atoms with Gasteiger partial charge >= 0.3 is 0 Å². The lowest BCUT2D eigenvalue weighted by molar-refractivity contribution is 0.826. The van der Waals surface area contributed by atoms with E-state index in [-0.39, 0.29) is 0 Å². The van der Waals surface area contributed by atoms with Crippen molar-refractivity contribution in [3.05, 3.63) is 72.1 Å². The highest BCUT2D eigenvalue weighted by Crippen LogP contribution is 2.37. The summed E-state index contributed by atoms with van der Waals surface area (Å²) in [7, 11) is 0. The van der Waals surface area contributed by atoms with Crippen molar-refractivity contribution in [2.75, 3.05) is 4.90 Å². The molecule has 19 heavy (non-hydrogen) atoms. The molecule has 0 aliphatic carbocycles. The second-order valence-electron chi connectivity index (χ2n) is 5.00. The number of hydrogen-bond donors (Lipinski definition) is 0. The van der Waals surface area contributed by atoms with Crippen molar-refractivity contribution < 1.29 is 0 Å². The number of nitrogens with zero attached hydrogens (tertiary/aromatic N) is 2. The van der Waals surface area contributed by atoms with Gasteiger partial charge in [0.25, 0.3) is 0 Å². The van der Waals surface area contributed by atoms with Crippen LogP contribution in [-0.4, -0.2) is 4.98 Å². The summed E-state index contributed by atoms with van der Waals surface area (Å²) in [5.41, 5.74) is 4.09. The maximum atomic E-state index is 4.08. The van der Waals surface area contributed by atoms with Gasteiger partial charge in [-0.05, 0) is 34.7 Å². The highest BCUT2D eigenvalue weighted by atomic mass is 15.1. The Kier molecular flexibility index (Phi) is 2.27. The first-order valence-corrected chi connectivity index (χ1v) is 6.56. The summed E-state index contributed by atoms with van der Waals surface area (Å²) < 4.78 is 0. The maximum Gasteiger partial charge on any atom is 0.0455 e. The second-order valence-corrected chi connectivity index (χ2v) is 5.00. The van der Waals surface area contributed by atoms with E-state index in [0.29, 0.717) is 0 Å². The minimum Gasteiger partial charge on any atom is -0.362 e. The summed E-state index contributed by atoms with van der Waals surface area (Å²) in [5.74, 6) is 0. The summed E-state index contributed by atoms with van der Waals surface area (Å²) >= 11 is 0. The fourth-order valence-electron chi connectivity index (χ4n) is 2.93. The average molecular weight is 246 g/mol. The number of aromatic nitrogens is 1. The lowest BCUT2D eigenvalue weighted by Crippen LogP contribution is -2.17. The Hall–Kier alpha value is -2.35. The molecule has 2 heteroatoms. The van der Waals surface area contributed by atoms with Crippen LogP contribution in [0.2, 0.25) is 0 Å². The van der Waals surface area contributed by atoms with Gasteiger partial charge in [-0.1, -0.05) is 30.3 Å². The van der Waals surface area contributed by atoms with E-state index in [1.54, 1.807) is 0 Å². The molecule has 2 heterocycles. The molecule has 0 bridgehead atoms. The molecule has 0 radical (unpaired) electrons. The van der Waals surface area contributed by atoms with Crippen LogP contribution in [0.15, 0.2) is 60.9 Å². The standard InChI is InChI=1S/C17H14N2/c1-3-14-4-2-6-16-17(14)15(5-1)12-19(16)11-13-7-9-18-10-8-13/h1-10H,11-12H2. The van der Waals surface area contributed by atoms with Crippen LogP contribution in [0.4, 0.5) is 5.69 Å². The van der Waals surface area contributed by atoms with Crippen LogP contribution in [-0.2, 0) is 13.1 Å². The molecule has 0 spiro atoms. The van der Waals surface area contributed by atoms with Crippen molar-refractivity contribution in [2.45, 2.75) is 13.1 Å². The molecular formula is C17H14N2. The fourth-order valence-corrected chi connectivity index (χ4v) is 2.93. The largest absolute Gasteiger partial charge is 0.362 e. The lowest BCUT2D eigenvalue weighted by atomic mass is 10.1. The Morgan fingerprint density at radius 1 is 0.947 bits per heavy atom. The van der Waals surface area contributed by atoms with E-state index in [9.17, 15) is 0 Å². The minimum absolute atomic E-state index is 0.941. The van der Waals surface area contributed by atoms with Crippen molar-refractivity contribution in [3.63, 3.8) is 0 Å². The fraction of sp³-hybridized carbons (Fsp3) is 0.118. The summed E-state index contributed by atoms with van der Waals surface area (Å²) in [6, 6.07) is 17.3. The normalized spacial score (nSPS) is 13.2. The van der Waals surface area contributed by atoms with Crippen LogP contribution in [0.3, 0.4) is 0 Å². The van der Waals surface area contributed by atoms with E-state index < -0.39 is 0 Å². The minimum atomic E-state index is 0.941. The Morgan fingerprint density at radius 3 is 2.58 bits per heavy atom. The number of rotatable bonds is 2. The van der Waals surface area contributed by atoms with Crippen molar-refractivity contribution in [1.29, 1.82) is 0 Å². The van der Waals surface area contributed by atoms with Crippen LogP contribution >= 0.6 is 0 Å². The summed E-state index contributed by atoms with van der Waals surface area (Å²) in [4.78, 5) is 6.52. The third kappa shape index (κ3) is 1.68. The van der Waals surface area contributed by atoms with Gasteiger partial charge in [-0.3, -0.25) is 4.98 Å². The van der Waals surface area contributed by atoms with E-state index >= 15 is 0 Å². The Labute approximate surface area is 112 Å². The van der Waals surface area contributed by atoms with Crippen molar-refractivity contribution >= 4 is 16.5 Å². The molecule has 2 aromatic carbocycles. The molecule has 0 atom stereocenters. The van der Waals surface area contributed by atoms with Gasteiger partial charge in [0.05, 0.1) is 0 Å². The molecule has 0 unspecified atom stereocenters. The van der Waals surface area contributed by atoms with Crippen molar-refractivity contribution in [3.8, 4) is 0 Å². The quantitative estimate of drug-likeness (QED) is 0.684. The Bertz CT molecular complexity index is 729. The molecule has 1 aliphatic heterocycles. The van der Waals surface area contributed by atoms with Gasteiger partial charge in [0, 0.05) is 36.6 Å². The zero-order valence-electron chi connectivity index (χ0n) is 10.6. The molecule has 1 aromatic heterocycles. The molecule has 1 aliphatic rings. The number of hydrogen-bond acceptors (Lipinski definition) is 2. The molecule has 0 saturated carbocycles. The SMILES string of the molecule is c1cc2c3c(cccc3c1)N(Cc1ccncc1)C2. The van der Waals surface area contributed by atoms with E-state index in [1.165, 1.54) is 27.6 Å². The summed E-state index contributed by atoms with van der Waals surface area (Å²) in [6.07, 6.45) is 3.72. The molecular weight excluding hydrogens is 232 g/mol. The van der Waals surface area contributed by atoms with E-state index in [2.05, 4.69) is 58.4 Å². The monoisotopic (exact) mass is 246 g/mol. The first-order valence-electron chi connectivity index (χ1n) is 6.56. The van der Waals surface area contributed by atoms with Gasteiger partial charge in [0.15, 0.2) is 0 Å². The van der Waals surface area contributed by atoms with Crippen LogP contribution in [0.25, 0.3) is 10.8 Å². The van der Waals surface area contributed by atoms with Gasteiger partial charge < -0.3 is 4.90 Å². The van der Waals surface area contributed by atoms with Crippen LogP contribution < -0.4 is 4.90 Å². The van der Waals surface area contributed by atoms with Gasteiger partial charge in [-0.15, -0.1) is 0 Å². The Morgan fingerprint density at radius 2 is 1.74 bits per heavy atom. The zero-order chi connectivity index (χ0) is 12.7. The third-order valence-corrected chi connectivity index (χ3v) is 3.79. The highest BCUT2D eigenvalue weighted by molar-refractivity contribution is 5.99. The van der Waals surface area contributed by atoms with Crippen LogP contribution in [0.5, 0.6) is 0 Å². The molecule has 92 valence electrons.